The molecule has 8 heteroatoms. The monoisotopic (exact) mass is 399 g/mol. The van der Waals surface area contributed by atoms with Gasteiger partial charge in [0, 0.05) is 38.8 Å². The number of carbonyl (C=O) groups is 1. The lowest BCUT2D eigenvalue weighted by atomic mass is 10.1. The summed E-state index contributed by atoms with van der Waals surface area (Å²) in [5.41, 5.74) is 1.58. The predicted molar refractivity (Wildman–Crippen MR) is 112 cm³/mol. The minimum absolute atomic E-state index is 0.179. The van der Waals surface area contributed by atoms with Gasteiger partial charge in [0.2, 0.25) is 0 Å². The molecule has 0 bridgehead atoms. The fourth-order valence-corrected chi connectivity index (χ4v) is 3.14. The number of amides is 1. The van der Waals surface area contributed by atoms with Crippen LogP contribution < -0.4 is 15.4 Å². The average molecular weight is 399 g/mol. The van der Waals surface area contributed by atoms with Crippen LogP contribution in [0.1, 0.15) is 21.9 Å². The number of anilines is 1. The molecule has 0 unspecified atom stereocenters. The summed E-state index contributed by atoms with van der Waals surface area (Å²) in [6, 6.07) is 9.68. The van der Waals surface area contributed by atoms with Crippen LogP contribution >= 0.6 is 0 Å². The molecule has 8 nitrogen and oxygen atoms in total. The van der Waals surface area contributed by atoms with Crippen LogP contribution in [0, 0.1) is 6.92 Å². The molecule has 0 saturated carbocycles. The van der Waals surface area contributed by atoms with E-state index in [1.165, 1.54) is 5.56 Å². The van der Waals surface area contributed by atoms with Crippen molar-refractivity contribution in [2.45, 2.75) is 13.3 Å². The van der Waals surface area contributed by atoms with Gasteiger partial charge in [0.1, 0.15) is 23.1 Å². The lowest BCUT2D eigenvalue weighted by Crippen LogP contribution is -2.41. The van der Waals surface area contributed by atoms with Crippen LogP contribution in [0.4, 0.5) is 5.82 Å². The molecule has 156 valence electrons. The number of nitrogens with one attached hydrogen (secondary N) is 2. The maximum atomic E-state index is 12.5. The van der Waals surface area contributed by atoms with E-state index in [1.54, 1.807) is 20.1 Å². The summed E-state index contributed by atoms with van der Waals surface area (Å²) in [5, 5.41) is 6.22. The number of methoxy groups -OCH3 is 1. The van der Waals surface area contributed by atoms with Crippen LogP contribution in [0.25, 0.3) is 0 Å². The molecule has 29 heavy (non-hydrogen) atoms. The van der Waals surface area contributed by atoms with Gasteiger partial charge in [-0.2, -0.15) is 0 Å². The number of aryl methyl sites for hydroxylation is 1. The molecule has 1 aromatic carbocycles. The number of morpholine rings is 1. The maximum Gasteiger partial charge on any atom is 0.270 e. The Balaban J connectivity index is 1.48. The van der Waals surface area contributed by atoms with Crippen molar-refractivity contribution < 1.29 is 14.3 Å². The highest BCUT2D eigenvalue weighted by Gasteiger charge is 2.13. The molecule has 1 aliphatic rings. The SMILES string of the molecule is COc1ccc(CCNc2cc(C(=O)NCCN3CCOCC3)nc(C)n2)cc1. The van der Waals surface area contributed by atoms with E-state index in [0.29, 0.717) is 30.4 Å². The standard InChI is InChI=1S/C21H29N5O3/c1-16-24-19(21(27)23-9-10-26-11-13-29-14-12-26)15-20(25-16)22-8-7-17-3-5-18(28-2)6-4-17/h3-6,15H,7-14H2,1-2H3,(H,23,27)(H,22,24,25). The molecule has 0 atom stereocenters. The largest absolute Gasteiger partial charge is 0.497 e. The van der Waals surface area contributed by atoms with E-state index in [2.05, 4.69) is 25.5 Å². The van der Waals surface area contributed by atoms with Gasteiger partial charge in [-0.3, -0.25) is 9.69 Å². The first kappa shape index (κ1) is 21.0. The van der Waals surface area contributed by atoms with Crippen molar-refractivity contribution in [3.05, 3.63) is 47.4 Å². The second kappa shape index (κ2) is 10.7. The van der Waals surface area contributed by atoms with Crippen LogP contribution in [0.3, 0.4) is 0 Å². The molecule has 0 spiro atoms. The summed E-state index contributed by atoms with van der Waals surface area (Å²) in [5.74, 6) is 1.89. The van der Waals surface area contributed by atoms with Crippen molar-refractivity contribution >= 4 is 11.7 Å². The molecule has 1 fully saturated rings. The number of ether oxygens (including phenoxy) is 2. The van der Waals surface area contributed by atoms with E-state index in [4.69, 9.17) is 9.47 Å². The molecular formula is C21H29N5O3. The number of nitrogens with zero attached hydrogens (tertiary/aromatic N) is 3. The molecule has 0 radical (unpaired) electrons. The van der Waals surface area contributed by atoms with Gasteiger partial charge < -0.3 is 20.1 Å². The van der Waals surface area contributed by atoms with Gasteiger partial charge in [-0.1, -0.05) is 12.1 Å². The fourth-order valence-electron chi connectivity index (χ4n) is 3.14. The highest BCUT2D eigenvalue weighted by Crippen LogP contribution is 2.12. The Labute approximate surface area is 171 Å². The first-order valence-electron chi connectivity index (χ1n) is 9.95. The van der Waals surface area contributed by atoms with E-state index in [9.17, 15) is 4.79 Å². The summed E-state index contributed by atoms with van der Waals surface area (Å²) in [6.07, 6.45) is 0.841. The van der Waals surface area contributed by atoms with E-state index in [0.717, 1.165) is 45.0 Å². The number of carbonyl (C=O) groups excluding carboxylic acids is 1. The van der Waals surface area contributed by atoms with Gasteiger partial charge in [0.15, 0.2) is 0 Å². The molecule has 2 aromatic rings. The Morgan fingerprint density at radius 3 is 2.66 bits per heavy atom. The van der Waals surface area contributed by atoms with Crippen LogP contribution in [-0.2, 0) is 11.2 Å². The first-order valence-corrected chi connectivity index (χ1v) is 9.95. The lowest BCUT2D eigenvalue weighted by Gasteiger charge is -2.26. The van der Waals surface area contributed by atoms with Gasteiger partial charge >= 0.3 is 0 Å². The normalized spacial score (nSPS) is 14.4. The minimum atomic E-state index is -0.179. The Bertz CT molecular complexity index is 791. The third-order valence-corrected chi connectivity index (χ3v) is 4.77. The van der Waals surface area contributed by atoms with Crippen molar-refractivity contribution in [3.63, 3.8) is 0 Å². The van der Waals surface area contributed by atoms with Gasteiger partial charge in [-0.25, -0.2) is 9.97 Å². The maximum absolute atomic E-state index is 12.5. The zero-order valence-electron chi connectivity index (χ0n) is 17.1. The van der Waals surface area contributed by atoms with Crippen LogP contribution in [0.5, 0.6) is 5.75 Å². The molecule has 0 aliphatic carbocycles. The van der Waals surface area contributed by atoms with Crippen LogP contribution in [-0.4, -0.2) is 73.8 Å². The third kappa shape index (κ3) is 6.69. The van der Waals surface area contributed by atoms with Crippen molar-refractivity contribution in [2.24, 2.45) is 0 Å². The fraction of sp³-hybridized carbons (Fsp3) is 0.476. The molecule has 1 aromatic heterocycles. The van der Waals surface area contributed by atoms with E-state index in [1.807, 2.05) is 24.3 Å². The smallest absolute Gasteiger partial charge is 0.270 e. The minimum Gasteiger partial charge on any atom is -0.497 e. The first-order chi connectivity index (χ1) is 14.1. The Kier molecular flexibility index (Phi) is 7.77. The summed E-state index contributed by atoms with van der Waals surface area (Å²) in [6.45, 7) is 7.22. The molecule has 2 heterocycles. The molecule has 1 aliphatic heterocycles. The highest BCUT2D eigenvalue weighted by molar-refractivity contribution is 5.92. The van der Waals surface area contributed by atoms with Crippen molar-refractivity contribution in [1.29, 1.82) is 0 Å². The number of rotatable bonds is 9. The molecule has 1 amide bonds. The highest BCUT2D eigenvalue weighted by atomic mass is 16.5. The second-order valence-electron chi connectivity index (χ2n) is 6.92. The summed E-state index contributed by atoms with van der Waals surface area (Å²) < 4.78 is 10.5. The van der Waals surface area contributed by atoms with Gasteiger partial charge in [0.25, 0.3) is 5.91 Å². The van der Waals surface area contributed by atoms with Gasteiger partial charge in [-0.15, -0.1) is 0 Å². The van der Waals surface area contributed by atoms with E-state index in [-0.39, 0.29) is 5.91 Å². The Morgan fingerprint density at radius 2 is 1.93 bits per heavy atom. The quantitative estimate of drug-likeness (QED) is 0.661. The molecule has 1 saturated heterocycles. The lowest BCUT2D eigenvalue weighted by molar-refractivity contribution is 0.0383. The number of hydrogen-bond donors (Lipinski definition) is 2. The summed E-state index contributed by atoms with van der Waals surface area (Å²) in [4.78, 5) is 23.4. The summed E-state index contributed by atoms with van der Waals surface area (Å²) >= 11 is 0. The zero-order chi connectivity index (χ0) is 20.5. The molecular weight excluding hydrogens is 370 g/mol. The van der Waals surface area contributed by atoms with Crippen molar-refractivity contribution in [1.82, 2.24) is 20.2 Å². The Morgan fingerprint density at radius 1 is 1.17 bits per heavy atom. The second-order valence-corrected chi connectivity index (χ2v) is 6.92. The van der Waals surface area contributed by atoms with Gasteiger partial charge in [0.05, 0.1) is 20.3 Å². The van der Waals surface area contributed by atoms with E-state index < -0.39 is 0 Å². The molecule has 3 rings (SSSR count). The third-order valence-electron chi connectivity index (χ3n) is 4.77. The van der Waals surface area contributed by atoms with Crippen LogP contribution in [0.15, 0.2) is 30.3 Å². The van der Waals surface area contributed by atoms with Crippen molar-refractivity contribution in [3.8, 4) is 5.75 Å². The van der Waals surface area contributed by atoms with Crippen LogP contribution in [0.2, 0.25) is 0 Å². The Hall–Kier alpha value is -2.71. The predicted octanol–water partition coefficient (Wildman–Crippen LogP) is 1.51. The number of benzene rings is 1. The topological polar surface area (TPSA) is 88.6 Å². The zero-order valence-corrected chi connectivity index (χ0v) is 17.1. The summed E-state index contributed by atoms with van der Waals surface area (Å²) in [7, 11) is 1.66. The van der Waals surface area contributed by atoms with Gasteiger partial charge in [-0.05, 0) is 31.0 Å². The average Bonchev–Trinajstić information content (AvgIpc) is 2.74. The number of aromatic nitrogens is 2. The molecule has 2 N–H and O–H groups in total. The van der Waals surface area contributed by atoms with Crippen molar-refractivity contribution in [2.75, 3.05) is 58.4 Å². The van der Waals surface area contributed by atoms with E-state index >= 15 is 0 Å². The number of hydrogen-bond acceptors (Lipinski definition) is 7.